The van der Waals surface area contributed by atoms with Crippen LogP contribution in [0.5, 0.6) is 0 Å². The van der Waals surface area contributed by atoms with Gasteiger partial charge in [0, 0.05) is 11.8 Å². The zero-order chi connectivity index (χ0) is 11.5. The minimum Gasteiger partial charge on any atom is -0.396 e. The lowest BCUT2D eigenvalue weighted by Crippen LogP contribution is -2.34. The Bertz CT molecular complexity index is 205. The van der Waals surface area contributed by atoms with Gasteiger partial charge in [0.25, 0.3) is 0 Å². The Hall–Kier alpha value is -0.160. The van der Waals surface area contributed by atoms with Gasteiger partial charge in [0.1, 0.15) is 0 Å². The summed E-state index contributed by atoms with van der Waals surface area (Å²) in [6, 6.07) is 0. The topological polar surface area (TPSA) is 58.9 Å². The molecule has 0 saturated carbocycles. The first kappa shape index (κ1) is 12.9. The van der Waals surface area contributed by atoms with E-state index in [0.717, 1.165) is 6.42 Å². The Labute approximate surface area is 91.2 Å². The Morgan fingerprint density at radius 3 is 2.60 bits per heavy atom. The molecule has 90 valence electrons. The van der Waals surface area contributed by atoms with Crippen molar-refractivity contribution in [2.75, 3.05) is 19.8 Å². The van der Waals surface area contributed by atoms with E-state index in [-0.39, 0.29) is 12.7 Å². The molecule has 0 bridgehead atoms. The summed E-state index contributed by atoms with van der Waals surface area (Å²) in [4.78, 5) is 0. The molecule has 1 aliphatic rings. The van der Waals surface area contributed by atoms with Crippen LogP contribution in [0.2, 0.25) is 0 Å². The van der Waals surface area contributed by atoms with Crippen molar-refractivity contribution >= 4 is 0 Å². The van der Waals surface area contributed by atoms with Crippen LogP contribution in [0.1, 0.15) is 33.6 Å². The van der Waals surface area contributed by atoms with Gasteiger partial charge in [-0.2, -0.15) is 0 Å². The van der Waals surface area contributed by atoms with Gasteiger partial charge in [-0.25, -0.2) is 0 Å². The maximum atomic E-state index is 9.69. The van der Waals surface area contributed by atoms with Crippen molar-refractivity contribution in [3.05, 3.63) is 0 Å². The van der Waals surface area contributed by atoms with E-state index in [9.17, 15) is 10.2 Å². The van der Waals surface area contributed by atoms with Gasteiger partial charge in [-0.15, -0.1) is 0 Å². The van der Waals surface area contributed by atoms with Gasteiger partial charge in [0.15, 0.2) is 5.79 Å². The second-order valence-electron chi connectivity index (χ2n) is 4.83. The van der Waals surface area contributed by atoms with Crippen LogP contribution < -0.4 is 0 Å². The van der Waals surface area contributed by atoms with E-state index < -0.39 is 11.2 Å². The smallest absolute Gasteiger partial charge is 0.163 e. The van der Waals surface area contributed by atoms with Crippen molar-refractivity contribution in [1.29, 1.82) is 0 Å². The molecule has 0 amide bonds. The Balaban J connectivity index is 2.48. The second kappa shape index (κ2) is 4.78. The lowest BCUT2D eigenvalue weighted by atomic mass is 9.86. The van der Waals surface area contributed by atoms with Crippen molar-refractivity contribution < 1.29 is 19.7 Å². The van der Waals surface area contributed by atoms with Gasteiger partial charge < -0.3 is 19.7 Å². The summed E-state index contributed by atoms with van der Waals surface area (Å²) >= 11 is 0. The third kappa shape index (κ3) is 3.41. The fraction of sp³-hybridized carbons (Fsp3) is 1.00. The van der Waals surface area contributed by atoms with Crippen LogP contribution in [-0.2, 0) is 9.47 Å². The van der Waals surface area contributed by atoms with Gasteiger partial charge in [0.05, 0.1) is 25.9 Å². The van der Waals surface area contributed by atoms with Gasteiger partial charge in [-0.05, 0) is 20.3 Å². The molecule has 1 heterocycles. The van der Waals surface area contributed by atoms with E-state index in [0.29, 0.717) is 19.6 Å². The Morgan fingerprint density at radius 2 is 2.20 bits per heavy atom. The molecule has 3 unspecified atom stereocenters. The molecule has 0 aromatic rings. The molecular weight excluding hydrogens is 196 g/mol. The molecule has 1 fully saturated rings. The molecule has 0 aromatic carbocycles. The molecule has 0 aliphatic carbocycles. The quantitative estimate of drug-likeness (QED) is 0.720. The first-order valence-corrected chi connectivity index (χ1v) is 5.52. The second-order valence-corrected chi connectivity index (χ2v) is 4.83. The van der Waals surface area contributed by atoms with Crippen LogP contribution in [0.3, 0.4) is 0 Å². The van der Waals surface area contributed by atoms with E-state index in [1.807, 2.05) is 6.92 Å². The molecule has 4 heteroatoms. The SMILES string of the molecule is CCC(C)OCC1(CO)COC(C)(O)C1. The molecule has 1 aliphatic heterocycles. The third-order valence-electron chi connectivity index (χ3n) is 2.98. The monoisotopic (exact) mass is 218 g/mol. The maximum Gasteiger partial charge on any atom is 0.163 e. The molecule has 0 aromatic heterocycles. The van der Waals surface area contributed by atoms with Crippen molar-refractivity contribution in [1.82, 2.24) is 0 Å². The van der Waals surface area contributed by atoms with Crippen LogP contribution in [0, 0.1) is 5.41 Å². The molecule has 15 heavy (non-hydrogen) atoms. The predicted molar refractivity (Wildman–Crippen MR) is 56.4 cm³/mol. The normalized spacial score (nSPS) is 38.2. The number of ether oxygens (including phenoxy) is 2. The zero-order valence-corrected chi connectivity index (χ0v) is 9.82. The third-order valence-corrected chi connectivity index (χ3v) is 2.98. The van der Waals surface area contributed by atoms with Crippen molar-refractivity contribution in [3.63, 3.8) is 0 Å². The molecule has 0 spiro atoms. The molecule has 1 rings (SSSR count). The summed E-state index contributed by atoms with van der Waals surface area (Å²) in [6.07, 6.45) is 1.55. The van der Waals surface area contributed by atoms with Gasteiger partial charge >= 0.3 is 0 Å². The first-order chi connectivity index (χ1) is 6.93. The van der Waals surface area contributed by atoms with Gasteiger partial charge in [-0.3, -0.25) is 0 Å². The molecular formula is C11H22O4. The first-order valence-electron chi connectivity index (χ1n) is 5.52. The average molecular weight is 218 g/mol. The van der Waals surface area contributed by atoms with Gasteiger partial charge in [-0.1, -0.05) is 6.92 Å². The van der Waals surface area contributed by atoms with Crippen LogP contribution >= 0.6 is 0 Å². The summed E-state index contributed by atoms with van der Waals surface area (Å²) in [5, 5.41) is 19.1. The van der Waals surface area contributed by atoms with Crippen molar-refractivity contribution in [2.24, 2.45) is 5.41 Å². The summed E-state index contributed by atoms with van der Waals surface area (Å²) < 4.78 is 10.8. The Morgan fingerprint density at radius 1 is 1.53 bits per heavy atom. The molecule has 2 N–H and O–H groups in total. The Kier molecular flexibility index (Phi) is 4.12. The lowest BCUT2D eigenvalue weighted by Gasteiger charge is -2.27. The number of aliphatic hydroxyl groups is 2. The summed E-state index contributed by atoms with van der Waals surface area (Å²) in [6.45, 7) is 6.45. The van der Waals surface area contributed by atoms with E-state index in [2.05, 4.69) is 6.92 Å². The fourth-order valence-electron chi connectivity index (χ4n) is 1.78. The minimum atomic E-state index is -1.12. The van der Waals surface area contributed by atoms with E-state index in [1.54, 1.807) is 6.92 Å². The van der Waals surface area contributed by atoms with Crippen LogP contribution in [-0.4, -0.2) is 41.9 Å². The summed E-state index contributed by atoms with van der Waals surface area (Å²) in [5.41, 5.74) is -0.438. The standard InChI is InChI=1S/C11H22O4/c1-4-9(2)14-7-11(6-12)5-10(3,13)15-8-11/h9,12-13H,4-8H2,1-3H3. The number of hydrogen-bond donors (Lipinski definition) is 2. The van der Waals surface area contributed by atoms with Crippen LogP contribution in [0.4, 0.5) is 0 Å². The largest absolute Gasteiger partial charge is 0.396 e. The highest BCUT2D eigenvalue weighted by molar-refractivity contribution is 4.89. The zero-order valence-electron chi connectivity index (χ0n) is 9.82. The highest BCUT2D eigenvalue weighted by atomic mass is 16.6. The van der Waals surface area contributed by atoms with Crippen molar-refractivity contribution in [3.8, 4) is 0 Å². The highest BCUT2D eigenvalue weighted by Crippen LogP contribution is 2.38. The molecule has 1 saturated heterocycles. The van der Waals surface area contributed by atoms with E-state index in [1.165, 1.54) is 0 Å². The van der Waals surface area contributed by atoms with E-state index >= 15 is 0 Å². The van der Waals surface area contributed by atoms with E-state index in [4.69, 9.17) is 9.47 Å². The van der Waals surface area contributed by atoms with Gasteiger partial charge in [0.2, 0.25) is 0 Å². The van der Waals surface area contributed by atoms with Crippen LogP contribution in [0.25, 0.3) is 0 Å². The highest BCUT2D eigenvalue weighted by Gasteiger charge is 2.46. The predicted octanol–water partition coefficient (Wildman–Crippen LogP) is 0.909. The minimum absolute atomic E-state index is 0.0143. The molecule has 4 nitrogen and oxygen atoms in total. The van der Waals surface area contributed by atoms with Crippen molar-refractivity contribution in [2.45, 2.75) is 45.5 Å². The average Bonchev–Trinajstić information content (AvgIpc) is 2.52. The fourth-order valence-corrected chi connectivity index (χ4v) is 1.78. The number of aliphatic hydroxyl groups excluding tert-OH is 1. The maximum absolute atomic E-state index is 9.69. The molecule has 3 atom stereocenters. The lowest BCUT2D eigenvalue weighted by molar-refractivity contribution is -0.155. The molecule has 0 radical (unpaired) electrons. The van der Waals surface area contributed by atoms with Crippen LogP contribution in [0.15, 0.2) is 0 Å². The number of rotatable bonds is 5. The summed E-state index contributed by atoms with van der Waals surface area (Å²) in [5.74, 6) is -1.12. The summed E-state index contributed by atoms with van der Waals surface area (Å²) in [7, 11) is 0. The number of hydrogen-bond acceptors (Lipinski definition) is 4.